The molecule has 0 saturated heterocycles. The molecule has 1 amide bonds. The molecule has 34 heavy (non-hydrogen) atoms. The second-order valence-corrected chi connectivity index (χ2v) is 8.50. The lowest BCUT2D eigenvalue weighted by atomic mass is 10.2. The number of carbonyl (C=O) groups is 1. The fourth-order valence-corrected chi connectivity index (χ4v) is 3.85. The Bertz CT molecular complexity index is 1370. The van der Waals surface area contributed by atoms with Gasteiger partial charge in [-0.2, -0.15) is 5.10 Å². The normalized spacial score (nSPS) is 11.2. The van der Waals surface area contributed by atoms with Crippen molar-refractivity contribution < 1.29 is 23.1 Å². The fraction of sp³-hybridized carbons (Fsp3) is 0.120. The van der Waals surface area contributed by atoms with Gasteiger partial charge in [-0.25, -0.2) is 9.82 Å². The van der Waals surface area contributed by atoms with E-state index in [1.165, 1.54) is 18.3 Å². The number of hydrazone groups is 1. The molecule has 0 aliphatic carbocycles. The van der Waals surface area contributed by atoms with Crippen LogP contribution in [0.5, 0.6) is 11.5 Å². The van der Waals surface area contributed by atoms with Crippen molar-refractivity contribution in [3.05, 3.63) is 92.9 Å². The maximum absolute atomic E-state index is 13.4. The highest BCUT2D eigenvalue weighted by Gasteiger charge is 2.14. The lowest BCUT2D eigenvalue weighted by Gasteiger charge is -2.14. The summed E-state index contributed by atoms with van der Waals surface area (Å²) in [5.41, 5.74) is 4.27. The van der Waals surface area contributed by atoms with Crippen molar-refractivity contribution in [2.24, 2.45) is 5.10 Å². The molecule has 9 heteroatoms. The molecule has 0 aliphatic heterocycles. The molecule has 6 nitrogen and oxygen atoms in total. The van der Waals surface area contributed by atoms with Gasteiger partial charge in [0.25, 0.3) is 0 Å². The first-order valence-electron chi connectivity index (χ1n) is 10.3. The van der Waals surface area contributed by atoms with E-state index in [4.69, 9.17) is 25.5 Å². The van der Waals surface area contributed by atoms with Crippen LogP contribution in [0.25, 0.3) is 11.0 Å². The van der Waals surface area contributed by atoms with E-state index in [0.717, 1.165) is 9.86 Å². The van der Waals surface area contributed by atoms with Crippen molar-refractivity contribution >= 4 is 50.6 Å². The van der Waals surface area contributed by atoms with Crippen LogP contribution < -0.4 is 14.9 Å². The number of hydrogen-bond donors (Lipinski definition) is 1. The van der Waals surface area contributed by atoms with Crippen LogP contribution in [0, 0.1) is 5.82 Å². The second-order valence-electron chi connectivity index (χ2n) is 7.17. The standard InChI is InChI=1S/C25H19BrClFN2O4/c1-2-32-22-10-16(9-20(27)24(22)33-14-15-4-3-5-19(28)8-15)13-29-30-25(31)23-12-17-11-18(26)6-7-21(17)34-23/h3-13H,2,14H2,1H3,(H,30,31)/b29-13+. The highest BCUT2D eigenvalue weighted by Crippen LogP contribution is 2.37. The van der Waals surface area contributed by atoms with Crippen LogP contribution in [0.15, 0.2) is 74.7 Å². The molecule has 174 valence electrons. The molecule has 4 rings (SSSR count). The Balaban J connectivity index is 1.46. The van der Waals surface area contributed by atoms with Crippen LogP contribution in [-0.4, -0.2) is 18.7 Å². The zero-order valence-corrected chi connectivity index (χ0v) is 20.3. The molecule has 0 spiro atoms. The van der Waals surface area contributed by atoms with Gasteiger partial charge < -0.3 is 13.9 Å². The quantitative estimate of drug-likeness (QED) is 0.197. The number of rotatable bonds is 8. The van der Waals surface area contributed by atoms with E-state index in [2.05, 4.69) is 26.5 Å². The molecule has 0 unspecified atom stereocenters. The van der Waals surface area contributed by atoms with Crippen molar-refractivity contribution in [2.75, 3.05) is 6.61 Å². The van der Waals surface area contributed by atoms with Gasteiger partial charge in [0.05, 0.1) is 17.8 Å². The summed E-state index contributed by atoms with van der Waals surface area (Å²) < 4.78 is 31.3. The topological polar surface area (TPSA) is 73.1 Å². The Kier molecular flexibility index (Phi) is 7.49. The van der Waals surface area contributed by atoms with Crippen LogP contribution in [0.2, 0.25) is 5.02 Å². The van der Waals surface area contributed by atoms with Gasteiger partial charge in [-0.1, -0.05) is 39.7 Å². The van der Waals surface area contributed by atoms with Gasteiger partial charge in [-0.15, -0.1) is 0 Å². The smallest absolute Gasteiger partial charge is 0.307 e. The average Bonchev–Trinajstić information content (AvgIpc) is 3.22. The summed E-state index contributed by atoms with van der Waals surface area (Å²) in [5.74, 6) is 0.0416. The Morgan fingerprint density at radius 2 is 2.03 bits per heavy atom. The predicted molar refractivity (Wildman–Crippen MR) is 132 cm³/mol. The van der Waals surface area contributed by atoms with Crippen LogP contribution >= 0.6 is 27.5 Å². The van der Waals surface area contributed by atoms with Crippen LogP contribution in [0.4, 0.5) is 4.39 Å². The predicted octanol–water partition coefficient (Wildman–Crippen LogP) is 6.73. The monoisotopic (exact) mass is 544 g/mol. The van der Waals surface area contributed by atoms with E-state index in [1.54, 1.807) is 36.4 Å². The number of carbonyl (C=O) groups excluding carboxylic acids is 1. The number of halogens is 3. The number of furan rings is 1. The molecule has 0 fully saturated rings. The third kappa shape index (κ3) is 5.76. The molecular weight excluding hydrogens is 527 g/mol. The van der Waals surface area contributed by atoms with Crippen molar-refractivity contribution in [1.29, 1.82) is 0 Å². The third-order valence-electron chi connectivity index (χ3n) is 4.69. The number of benzene rings is 3. The molecular formula is C25H19BrClFN2O4. The summed E-state index contributed by atoms with van der Waals surface area (Å²) in [4.78, 5) is 12.4. The number of hydrogen-bond acceptors (Lipinski definition) is 5. The first kappa shape index (κ1) is 23.8. The summed E-state index contributed by atoms with van der Waals surface area (Å²) in [5, 5.41) is 5.08. The molecule has 1 N–H and O–H groups in total. The maximum atomic E-state index is 13.4. The van der Waals surface area contributed by atoms with Gasteiger partial charge in [0, 0.05) is 9.86 Å². The minimum Gasteiger partial charge on any atom is -0.490 e. The van der Waals surface area contributed by atoms with Gasteiger partial charge in [-0.05, 0) is 66.6 Å². The van der Waals surface area contributed by atoms with Crippen LogP contribution in [0.1, 0.15) is 28.6 Å². The molecule has 3 aromatic carbocycles. The largest absolute Gasteiger partial charge is 0.490 e. The molecule has 1 heterocycles. The average molecular weight is 546 g/mol. The fourth-order valence-electron chi connectivity index (χ4n) is 3.19. The number of ether oxygens (including phenoxy) is 2. The zero-order chi connectivity index (χ0) is 24.1. The molecule has 0 atom stereocenters. The van der Waals surface area contributed by atoms with E-state index >= 15 is 0 Å². The van der Waals surface area contributed by atoms with E-state index in [0.29, 0.717) is 34.8 Å². The zero-order valence-electron chi connectivity index (χ0n) is 18.0. The molecule has 0 saturated carbocycles. The Labute approximate surface area is 208 Å². The molecule has 0 bridgehead atoms. The Hall–Kier alpha value is -3.36. The van der Waals surface area contributed by atoms with Crippen molar-refractivity contribution in [2.45, 2.75) is 13.5 Å². The summed E-state index contributed by atoms with van der Waals surface area (Å²) >= 11 is 9.80. The molecule has 0 aliphatic rings. The summed E-state index contributed by atoms with van der Waals surface area (Å²) in [6.07, 6.45) is 1.43. The van der Waals surface area contributed by atoms with E-state index < -0.39 is 5.91 Å². The minimum atomic E-state index is -0.491. The summed E-state index contributed by atoms with van der Waals surface area (Å²) in [6, 6.07) is 16.5. The lowest BCUT2D eigenvalue weighted by Crippen LogP contribution is -2.16. The van der Waals surface area contributed by atoms with E-state index in [1.807, 2.05) is 19.1 Å². The summed E-state index contributed by atoms with van der Waals surface area (Å²) in [6.45, 7) is 2.33. The van der Waals surface area contributed by atoms with Gasteiger partial charge in [0.2, 0.25) is 0 Å². The van der Waals surface area contributed by atoms with E-state index in [9.17, 15) is 9.18 Å². The van der Waals surface area contributed by atoms with Crippen molar-refractivity contribution in [1.82, 2.24) is 5.43 Å². The van der Waals surface area contributed by atoms with E-state index in [-0.39, 0.29) is 23.2 Å². The number of nitrogens with zero attached hydrogens (tertiary/aromatic N) is 1. The number of fused-ring (bicyclic) bond motifs is 1. The Morgan fingerprint density at radius 1 is 1.18 bits per heavy atom. The maximum Gasteiger partial charge on any atom is 0.307 e. The number of amides is 1. The highest BCUT2D eigenvalue weighted by molar-refractivity contribution is 9.10. The second kappa shape index (κ2) is 10.7. The first-order valence-corrected chi connectivity index (χ1v) is 11.5. The first-order chi connectivity index (χ1) is 16.4. The molecule has 4 aromatic rings. The van der Waals surface area contributed by atoms with Gasteiger partial charge in [0.15, 0.2) is 17.3 Å². The van der Waals surface area contributed by atoms with Gasteiger partial charge in [-0.3, -0.25) is 4.79 Å². The van der Waals surface area contributed by atoms with Crippen molar-refractivity contribution in [3.63, 3.8) is 0 Å². The SMILES string of the molecule is CCOc1cc(/C=N/NC(=O)c2cc3cc(Br)ccc3o2)cc(Cl)c1OCc1cccc(F)c1. The molecule has 0 radical (unpaired) electrons. The van der Waals surface area contributed by atoms with Crippen LogP contribution in [-0.2, 0) is 6.61 Å². The van der Waals surface area contributed by atoms with Gasteiger partial charge >= 0.3 is 5.91 Å². The van der Waals surface area contributed by atoms with Crippen LogP contribution in [0.3, 0.4) is 0 Å². The van der Waals surface area contributed by atoms with Crippen molar-refractivity contribution in [3.8, 4) is 11.5 Å². The summed E-state index contributed by atoms with van der Waals surface area (Å²) in [7, 11) is 0. The minimum absolute atomic E-state index is 0.120. The molecule has 1 aromatic heterocycles. The highest BCUT2D eigenvalue weighted by atomic mass is 79.9. The van der Waals surface area contributed by atoms with Gasteiger partial charge in [0.1, 0.15) is 18.0 Å². The third-order valence-corrected chi connectivity index (χ3v) is 5.46. The number of nitrogens with one attached hydrogen (secondary N) is 1. The Morgan fingerprint density at radius 3 is 2.82 bits per heavy atom. The lowest BCUT2D eigenvalue weighted by molar-refractivity contribution is 0.0929.